The van der Waals surface area contributed by atoms with E-state index in [9.17, 15) is 4.79 Å². The van der Waals surface area contributed by atoms with Gasteiger partial charge in [0.1, 0.15) is 0 Å². The smallest absolute Gasteiger partial charge is 0.258 e. The minimum atomic E-state index is 0.104. The zero-order valence-corrected chi connectivity index (χ0v) is 11.8. The summed E-state index contributed by atoms with van der Waals surface area (Å²) in [7, 11) is 0. The summed E-state index contributed by atoms with van der Waals surface area (Å²) in [5.74, 6) is 0.618. The van der Waals surface area contributed by atoms with Crippen molar-refractivity contribution >= 4 is 11.6 Å². The molecule has 0 radical (unpaired) electrons. The van der Waals surface area contributed by atoms with E-state index in [2.05, 4.69) is 25.1 Å². The van der Waals surface area contributed by atoms with Crippen LogP contribution in [0.25, 0.3) is 0 Å². The minimum absolute atomic E-state index is 0.104. The van der Waals surface area contributed by atoms with Crippen LogP contribution in [0.5, 0.6) is 0 Å². The van der Waals surface area contributed by atoms with Crippen LogP contribution < -0.4 is 4.90 Å². The van der Waals surface area contributed by atoms with Crippen LogP contribution in [0.1, 0.15) is 41.6 Å². The van der Waals surface area contributed by atoms with E-state index in [4.69, 9.17) is 0 Å². The molecule has 0 unspecified atom stereocenters. The molecule has 1 atom stereocenters. The molecule has 102 valence electrons. The lowest BCUT2D eigenvalue weighted by atomic mass is 9.96. The Hall–Kier alpha value is -2.09. The summed E-state index contributed by atoms with van der Waals surface area (Å²) < 4.78 is 0. The van der Waals surface area contributed by atoms with E-state index in [1.165, 1.54) is 5.56 Å². The minimum Gasteiger partial charge on any atom is -0.308 e. The maximum Gasteiger partial charge on any atom is 0.258 e. The van der Waals surface area contributed by atoms with Crippen molar-refractivity contribution in [3.63, 3.8) is 0 Å². The van der Waals surface area contributed by atoms with Crippen molar-refractivity contribution in [1.29, 1.82) is 0 Å². The van der Waals surface area contributed by atoms with Crippen molar-refractivity contribution in [1.82, 2.24) is 0 Å². The van der Waals surface area contributed by atoms with Gasteiger partial charge in [-0.2, -0.15) is 0 Å². The van der Waals surface area contributed by atoms with E-state index in [0.29, 0.717) is 5.92 Å². The third-order valence-electron chi connectivity index (χ3n) is 4.04. The Morgan fingerprint density at radius 3 is 2.55 bits per heavy atom. The first-order valence-corrected chi connectivity index (χ1v) is 7.23. The number of para-hydroxylation sites is 1. The molecule has 20 heavy (non-hydrogen) atoms. The first-order valence-electron chi connectivity index (χ1n) is 7.23. The van der Waals surface area contributed by atoms with Gasteiger partial charge in [-0.15, -0.1) is 0 Å². The van der Waals surface area contributed by atoms with Crippen LogP contribution in [-0.2, 0) is 0 Å². The van der Waals surface area contributed by atoms with Crippen LogP contribution in [-0.4, -0.2) is 12.5 Å². The van der Waals surface area contributed by atoms with Crippen LogP contribution in [0.4, 0.5) is 5.69 Å². The Morgan fingerprint density at radius 2 is 1.75 bits per heavy atom. The van der Waals surface area contributed by atoms with E-state index in [-0.39, 0.29) is 5.91 Å². The largest absolute Gasteiger partial charge is 0.308 e. The third-order valence-corrected chi connectivity index (χ3v) is 4.04. The quantitative estimate of drug-likeness (QED) is 0.755. The van der Waals surface area contributed by atoms with Gasteiger partial charge in [0.15, 0.2) is 0 Å². The number of benzene rings is 2. The Balaban J connectivity index is 2.01. The number of anilines is 1. The molecule has 2 heteroatoms. The highest BCUT2D eigenvalue weighted by Crippen LogP contribution is 2.34. The van der Waals surface area contributed by atoms with Crippen LogP contribution in [0.2, 0.25) is 0 Å². The molecule has 0 bridgehead atoms. The van der Waals surface area contributed by atoms with E-state index < -0.39 is 0 Å². The summed E-state index contributed by atoms with van der Waals surface area (Å²) in [5.41, 5.74) is 3.12. The first-order chi connectivity index (χ1) is 9.77. The molecule has 3 rings (SSSR count). The van der Waals surface area contributed by atoms with Crippen molar-refractivity contribution in [2.24, 2.45) is 0 Å². The highest BCUT2D eigenvalue weighted by Gasteiger charge is 2.24. The second-order valence-corrected chi connectivity index (χ2v) is 5.42. The SMILES string of the molecule is C[C@H]1CCCN(C(=O)c2ccccc2)c2ccccc21. The van der Waals surface area contributed by atoms with Gasteiger partial charge in [-0.25, -0.2) is 0 Å². The zero-order chi connectivity index (χ0) is 13.9. The van der Waals surface area contributed by atoms with Gasteiger partial charge in [-0.1, -0.05) is 43.3 Å². The fourth-order valence-corrected chi connectivity index (χ4v) is 2.93. The van der Waals surface area contributed by atoms with E-state index in [1.54, 1.807) is 0 Å². The molecule has 0 N–H and O–H groups in total. The molecule has 1 heterocycles. The molecule has 2 aromatic carbocycles. The molecule has 2 nitrogen and oxygen atoms in total. The van der Waals surface area contributed by atoms with Gasteiger partial charge in [0.05, 0.1) is 0 Å². The van der Waals surface area contributed by atoms with Gasteiger partial charge >= 0.3 is 0 Å². The second-order valence-electron chi connectivity index (χ2n) is 5.42. The number of carbonyl (C=O) groups excluding carboxylic acids is 1. The number of carbonyl (C=O) groups is 1. The predicted molar refractivity (Wildman–Crippen MR) is 82.2 cm³/mol. The van der Waals surface area contributed by atoms with Crippen molar-refractivity contribution in [3.05, 3.63) is 65.7 Å². The Labute approximate surface area is 120 Å². The summed E-state index contributed by atoms with van der Waals surface area (Å²) in [6.45, 7) is 3.05. The van der Waals surface area contributed by atoms with Gasteiger partial charge < -0.3 is 4.90 Å². The Morgan fingerprint density at radius 1 is 1.05 bits per heavy atom. The molecule has 0 spiro atoms. The van der Waals surface area contributed by atoms with Crippen molar-refractivity contribution in [3.8, 4) is 0 Å². The van der Waals surface area contributed by atoms with Crippen LogP contribution in [0, 0.1) is 0 Å². The molecular formula is C18H19NO. The topological polar surface area (TPSA) is 20.3 Å². The summed E-state index contributed by atoms with van der Waals surface area (Å²) in [4.78, 5) is 14.7. The summed E-state index contributed by atoms with van der Waals surface area (Å²) >= 11 is 0. The van der Waals surface area contributed by atoms with Crippen molar-refractivity contribution < 1.29 is 4.79 Å². The van der Waals surface area contributed by atoms with Gasteiger partial charge in [-0.05, 0) is 42.5 Å². The van der Waals surface area contributed by atoms with Crippen LogP contribution >= 0.6 is 0 Å². The normalized spacial score (nSPS) is 18.2. The molecule has 0 fully saturated rings. The lowest BCUT2D eigenvalue weighted by molar-refractivity contribution is 0.0987. The Bertz CT molecular complexity index is 606. The average molecular weight is 265 g/mol. The fraction of sp³-hybridized carbons (Fsp3) is 0.278. The van der Waals surface area contributed by atoms with E-state index in [0.717, 1.165) is 30.6 Å². The molecule has 2 aromatic rings. The number of fused-ring (bicyclic) bond motifs is 1. The standard InChI is InChI=1S/C18H19NO/c1-14-8-7-13-19(17-12-6-5-11-16(14)17)18(20)15-9-3-2-4-10-15/h2-6,9-12,14H,7-8,13H2,1H3/t14-/m0/s1. The van der Waals surface area contributed by atoms with Crippen LogP contribution in [0.3, 0.4) is 0 Å². The van der Waals surface area contributed by atoms with Gasteiger partial charge in [-0.3, -0.25) is 4.79 Å². The van der Waals surface area contributed by atoms with Crippen molar-refractivity contribution in [2.75, 3.05) is 11.4 Å². The van der Waals surface area contributed by atoms with Gasteiger partial charge in [0.2, 0.25) is 0 Å². The van der Waals surface area contributed by atoms with E-state index >= 15 is 0 Å². The molecular weight excluding hydrogens is 246 g/mol. The maximum atomic E-state index is 12.7. The number of hydrogen-bond acceptors (Lipinski definition) is 1. The predicted octanol–water partition coefficient (Wildman–Crippen LogP) is 4.23. The van der Waals surface area contributed by atoms with Crippen molar-refractivity contribution in [2.45, 2.75) is 25.7 Å². The highest BCUT2D eigenvalue weighted by atomic mass is 16.2. The molecule has 1 amide bonds. The number of rotatable bonds is 1. The summed E-state index contributed by atoms with van der Waals surface area (Å²) in [5, 5.41) is 0. The Kier molecular flexibility index (Phi) is 3.55. The molecule has 1 aliphatic rings. The highest BCUT2D eigenvalue weighted by molar-refractivity contribution is 6.06. The molecule has 0 aliphatic carbocycles. The van der Waals surface area contributed by atoms with E-state index in [1.807, 2.05) is 41.3 Å². The maximum absolute atomic E-state index is 12.7. The molecule has 0 saturated carbocycles. The second kappa shape index (κ2) is 5.49. The van der Waals surface area contributed by atoms with Crippen LogP contribution in [0.15, 0.2) is 54.6 Å². The number of amides is 1. The number of nitrogens with zero attached hydrogens (tertiary/aromatic N) is 1. The number of hydrogen-bond donors (Lipinski definition) is 0. The monoisotopic (exact) mass is 265 g/mol. The first kappa shape index (κ1) is 12.9. The third kappa shape index (κ3) is 2.34. The summed E-state index contributed by atoms with van der Waals surface area (Å²) in [6, 6.07) is 17.8. The molecule has 0 saturated heterocycles. The average Bonchev–Trinajstić information content (AvgIpc) is 2.67. The lowest BCUT2D eigenvalue weighted by Crippen LogP contribution is -2.31. The van der Waals surface area contributed by atoms with Gasteiger partial charge in [0.25, 0.3) is 5.91 Å². The zero-order valence-electron chi connectivity index (χ0n) is 11.8. The fourth-order valence-electron chi connectivity index (χ4n) is 2.93. The molecule has 1 aliphatic heterocycles. The lowest BCUT2D eigenvalue weighted by Gasteiger charge is -2.23. The van der Waals surface area contributed by atoms with Gasteiger partial charge in [0, 0.05) is 17.8 Å². The summed E-state index contributed by atoms with van der Waals surface area (Å²) in [6.07, 6.45) is 2.18. The molecule has 0 aromatic heterocycles.